The van der Waals surface area contributed by atoms with Crippen LogP contribution in [0.25, 0.3) is 0 Å². The highest BCUT2D eigenvalue weighted by Crippen LogP contribution is 2.22. The van der Waals surface area contributed by atoms with Crippen molar-refractivity contribution in [3.8, 4) is 0 Å². The number of carbonyl (C=O) groups excluding carboxylic acids is 1. The van der Waals surface area contributed by atoms with Gasteiger partial charge < -0.3 is 15.1 Å². The van der Waals surface area contributed by atoms with Crippen molar-refractivity contribution in [1.29, 1.82) is 0 Å². The monoisotopic (exact) mass is 360 g/mol. The zero-order chi connectivity index (χ0) is 18.1. The minimum atomic E-state index is -3.95. The van der Waals surface area contributed by atoms with Gasteiger partial charge >= 0.3 is 0 Å². The van der Waals surface area contributed by atoms with Crippen molar-refractivity contribution in [2.75, 3.05) is 19.6 Å². The Balaban J connectivity index is 2.01. The smallest absolute Gasteiger partial charge is 0.241 e. The minimum absolute atomic E-state index is 0.0663. The third-order valence-corrected chi connectivity index (χ3v) is 5.75. The van der Waals surface area contributed by atoms with Gasteiger partial charge in [-0.2, -0.15) is 0 Å². The molecule has 3 N–H and O–H groups in total. The average molecular weight is 360 g/mol. The first kappa shape index (κ1) is 18.8. The number of aliphatic hydroxyl groups is 2. The summed E-state index contributed by atoms with van der Waals surface area (Å²) in [5.74, 6) is -1.05. The number of carbonyl (C=O) groups is 1. The first-order valence-corrected chi connectivity index (χ1v) is 8.95. The Morgan fingerprint density at radius 1 is 1.50 bits per heavy atom. The number of piperidine rings is 1. The maximum Gasteiger partial charge on any atom is 0.241 e. The van der Waals surface area contributed by atoms with Gasteiger partial charge in [0.05, 0.1) is 23.1 Å². The number of benzene rings is 1. The molecule has 1 aromatic rings. The van der Waals surface area contributed by atoms with Crippen molar-refractivity contribution >= 4 is 15.9 Å². The van der Waals surface area contributed by atoms with Crippen LogP contribution in [-0.4, -0.2) is 60.8 Å². The quantitative estimate of drug-likeness (QED) is 0.687. The van der Waals surface area contributed by atoms with Gasteiger partial charge in [-0.05, 0) is 44.0 Å². The van der Waals surface area contributed by atoms with Crippen LogP contribution >= 0.6 is 0 Å². The molecule has 0 aromatic heterocycles. The number of aliphatic hydroxyl groups excluding tert-OH is 1. The Hall–Kier alpha value is -1.55. The first-order valence-electron chi connectivity index (χ1n) is 7.47. The van der Waals surface area contributed by atoms with Crippen LogP contribution in [0.3, 0.4) is 0 Å². The second kappa shape index (κ2) is 6.75. The summed E-state index contributed by atoms with van der Waals surface area (Å²) in [5.41, 5.74) is -1.03. The lowest BCUT2D eigenvalue weighted by molar-refractivity contribution is -0.145. The average Bonchev–Trinajstić information content (AvgIpc) is 2.47. The second-order valence-corrected chi connectivity index (χ2v) is 7.93. The van der Waals surface area contributed by atoms with E-state index in [4.69, 9.17) is 0 Å². The lowest BCUT2D eigenvalue weighted by Crippen LogP contribution is -2.56. The zero-order valence-electron chi connectivity index (χ0n) is 13.5. The van der Waals surface area contributed by atoms with E-state index >= 15 is 0 Å². The fourth-order valence-corrected chi connectivity index (χ4v) is 3.71. The van der Waals surface area contributed by atoms with Crippen LogP contribution in [0.2, 0.25) is 0 Å². The molecule has 0 radical (unpaired) electrons. The number of sulfonamides is 1. The van der Waals surface area contributed by atoms with E-state index in [1.165, 1.54) is 18.7 Å². The van der Waals surface area contributed by atoms with Gasteiger partial charge in [-0.1, -0.05) is 0 Å². The van der Waals surface area contributed by atoms with Crippen molar-refractivity contribution < 1.29 is 27.8 Å². The molecule has 0 bridgehead atoms. The van der Waals surface area contributed by atoms with E-state index in [2.05, 4.69) is 4.72 Å². The summed E-state index contributed by atoms with van der Waals surface area (Å²) in [4.78, 5) is 13.3. The fraction of sp³-hybridized carbons (Fsp3) is 0.533. The Labute approximate surface area is 140 Å². The topological polar surface area (TPSA) is 107 Å². The highest BCUT2D eigenvalue weighted by Gasteiger charge is 2.37. The number of hydrogen-bond acceptors (Lipinski definition) is 5. The van der Waals surface area contributed by atoms with E-state index in [1.54, 1.807) is 0 Å². The zero-order valence-corrected chi connectivity index (χ0v) is 14.3. The number of hydrogen-bond donors (Lipinski definition) is 3. The van der Waals surface area contributed by atoms with Crippen LogP contribution < -0.4 is 4.72 Å². The molecule has 7 nitrogen and oxygen atoms in total. The summed E-state index contributed by atoms with van der Waals surface area (Å²) in [6, 6.07) is 3.27. The highest BCUT2D eigenvalue weighted by molar-refractivity contribution is 7.89. The molecule has 0 saturated carbocycles. The Morgan fingerprint density at radius 2 is 2.17 bits per heavy atom. The van der Waals surface area contributed by atoms with Crippen LogP contribution in [0.5, 0.6) is 0 Å². The van der Waals surface area contributed by atoms with Crippen LogP contribution in [0, 0.1) is 12.7 Å². The van der Waals surface area contributed by atoms with Gasteiger partial charge in [0, 0.05) is 13.1 Å². The van der Waals surface area contributed by atoms with Gasteiger partial charge in [0.2, 0.25) is 15.9 Å². The van der Waals surface area contributed by atoms with E-state index in [1.807, 2.05) is 0 Å². The molecule has 0 aliphatic carbocycles. The number of aryl methyl sites for hydroxylation is 1. The van der Waals surface area contributed by atoms with Crippen molar-refractivity contribution in [3.63, 3.8) is 0 Å². The first-order chi connectivity index (χ1) is 11.0. The minimum Gasteiger partial charge on any atom is -0.388 e. The van der Waals surface area contributed by atoms with E-state index < -0.39 is 40.0 Å². The van der Waals surface area contributed by atoms with Crippen molar-refractivity contribution in [2.45, 2.75) is 36.9 Å². The second-order valence-electron chi connectivity index (χ2n) is 6.20. The Morgan fingerprint density at radius 3 is 2.75 bits per heavy atom. The molecule has 1 aliphatic heterocycles. The molecular formula is C15H21FN2O5S. The maximum atomic E-state index is 13.1. The number of nitrogens with one attached hydrogen (secondary N) is 1. The Kier molecular flexibility index (Phi) is 5.28. The summed E-state index contributed by atoms with van der Waals surface area (Å²) < 4.78 is 39.7. The Bertz CT molecular complexity index is 735. The normalized spacial score (nSPS) is 24.9. The van der Waals surface area contributed by atoms with Gasteiger partial charge in [0.1, 0.15) is 5.82 Å². The number of β-amino-alcohol motifs (C(OH)–C–C–N with tert-alkyl or cyclic N) is 1. The molecule has 24 heavy (non-hydrogen) atoms. The summed E-state index contributed by atoms with van der Waals surface area (Å²) in [6.07, 6.45) is -0.893. The summed E-state index contributed by atoms with van der Waals surface area (Å²) in [5, 5.41) is 19.7. The summed E-state index contributed by atoms with van der Waals surface area (Å²) >= 11 is 0. The van der Waals surface area contributed by atoms with Crippen LogP contribution in [-0.2, 0) is 14.8 Å². The van der Waals surface area contributed by atoms with Gasteiger partial charge in [-0.15, -0.1) is 0 Å². The predicted molar refractivity (Wildman–Crippen MR) is 84.2 cm³/mol. The van der Waals surface area contributed by atoms with Gasteiger partial charge in [0.15, 0.2) is 0 Å². The number of rotatable bonds is 4. The lowest BCUT2D eigenvalue weighted by Gasteiger charge is -2.39. The number of halogens is 1. The molecule has 1 amide bonds. The largest absolute Gasteiger partial charge is 0.388 e. The van der Waals surface area contributed by atoms with Gasteiger partial charge in [-0.25, -0.2) is 17.5 Å². The molecule has 2 atom stereocenters. The van der Waals surface area contributed by atoms with E-state index in [9.17, 15) is 27.8 Å². The van der Waals surface area contributed by atoms with Crippen molar-refractivity contribution in [3.05, 3.63) is 29.6 Å². The third-order valence-electron chi connectivity index (χ3n) is 4.19. The van der Waals surface area contributed by atoms with Gasteiger partial charge in [-0.3, -0.25) is 4.79 Å². The molecule has 0 unspecified atom stereocenters. The molecule has 9 heteroatoms. The lowest BCUT2D eigenvalue weighted by atomic mass is 9.91. The summed E-state index contributed by atoms with van der Waals surface area (Å²) in [6.45, 7) is 2.62. The molecule has 1 fully saturated rings. The molecule has 0 spiro atoms. The molecule has 134 valence electrons. The van der Waals surface area contributed by atoms with Crippen LogP contribution in [0.1, 0.15) is 18.9 Å². The van der Waals surface area contributed by atoms with Crippen LogP contribution in [0.15, 0.2) is 23.1 Å². The molecule has 1 aromatic carbocycles. The number of nitrogens with zero attached hydrogens (tertiary/aromatic N) is 1. The van der Waals surface area contributed by atoms with E-state index in [0.29, 0.717) is 0 Å². The molecular weight excluding hydrogens is 339 g/mol. The predicted octanol–water partition coefficient (Wildman–Crippen LogP) is -0.243. The van der Waals surface area contributed by atoms with E-state index in [0.717, 1.165) is 18.2 Å². The SMILES string of the molecule is Cc1cc(F)ccc1S(=O)(=O)NCC(=O)N1CC[C@@](C)(O)[C@H](O)C1. The third kappa shape index (κ3) is 4.10. The van der Waals surface area contributed by atoms with Crippen LogP contribution in [0.4, 0.5) is 4.39 Å². The van der Waals surface area contributed by atoms with Gasteiger partial charge in [0.25, 0.3) is 0 Å². The number of amides is 1. The van der Waals surface area contributed by atoms with Crippen molar-refractivity contribution in [2.24, 2.45) is 0 Å². The maximum absolute atomic E-state index is 13.1. The van der Waals surface area contributed by atoms with Crippen molar-refractivity contribution in [1.82, 2.24) is 9.62 Å². The standard InChI is InChI=1S/C15H21FN2O5S/c1-10-7-11(16)3-4-12(10)24(22,23)17-8-14(20)18-6-5-15(2,21)13(19)9-18/h3-4,7,13,17,19,21H,5-6,8-9H2,1-2H3/t13-,15-/m1/s1. The molecule has 1 saturated heterocycles. The fourth-order valence-electron chi connectivity index (χ4n) is 2.51. The molecule has 1 heterocycles. The van der Waals surface area contributed by atoms with E-state index in [-0.39, 0.29) is 30.0 Å². The molecule has 2 rings (SSSR count). The molecule has 1 aliphatic rings. The summed E-state index contributed by atoms with van der Waals surface area (Å²) in [7, 11) is -3.95. The highest BCUT2D eigenvalue weighted by atomic mass is 32.2. The number of likely N-dealkylation sites (tertiary alicyclic amines) is 1.